The first-order chi connectivity index (χ1) is 9.13. The molecule has 1 fully saturated rings. The van der Waals surface area contributed by atoms with Crippen molar-refractivity contribution in [3.05, 3.63) is 35.4 Å². The van der Waals surface area contributed by atoms with Crippen molar-refractivity contribution in [2.75, 3.05) is 11.4 Å². The molecule has 5 nitrogen and oxygen atoms in total. The normalized spacial score (nSPS) is 19.2. The number of anilines is 1. The molecule has 2 N–H and O–H groups in total. The highest BCUT2D eigenvalue weighted by molar-refractivity contribution is 6.30. The van der Waals surface area contributed by atoms with E-state index in [1.807, 2.05) is 12.1 Å². The molecule has 2 aromatic rings. The third-order valence-electron chi connectivity index (χ3n) is 3.06. The molecule has 1 saturated heterocycles. The van der Waals surface area contributed by atoms with Gasteiger partial charge in [0.25, 0.3) is 0 Å². The van der Waals surface area contributed by atoms with Crippen molar-refractivity contribution in [1.82, 2.24) is 5.16 Å². The van der Waals surface area contributed by atoms with Crippen molar-refractivity contribution >= 4 is 23.4 Å². The van der Waals surface area contributed by atoms with Crippen LogP contribution in [0.4, 0.5) is 5.88 Å². The summed E-state index contributed by atoms with van der Waals surface area (Å²) in [6.07, 6.45) is 0.344. The minimum absolute atomic E-state index is 0.0358. The maximum absolute atomic E-state index is 11.7. The molecule has 19 heavy (non-hydrogen) atoms. The van der Waals surface area contributed by atoms with Gasteiger partial charge in [0.15, 0.2) is 0 Å². The van der Waals surface area contributed by atoms with Gasteiger partial charge in [-0.05, 0) is 12.1 Å². The highest BCUT2D eigenvalue weighted by Gasteiger charge is 2.30. The predicted octanol–water partition coefficient (Wildman–Crippen LogP) is 2.06. The van der Waals surface area contributed by atoms with Crippen LogP contribution in [0.25, 0.3) is 11.3 Å². The molecular formula is C13H12ClN3O2. The van der Waals surface area contributed by atoms with Crippen molar-refractivity contribution in [3.63, 3.8) is 0 Å². The molecule has 1 aliphatic rings. The summed E-state index contributed by atoms with van der Waals surface area (Å²) in [7, 11) is 0. The van der Waals surface area contributed by atoms with Crippen molar-refractivity contribution in [1.29, 1.82) is 0 Å². The molecule has 98 valence electrons. The third-order valence-corrected chi connectivity index (χ3v) is 3.31. The molecule has 0 aliphatic carbocycles. The van der Waals surface area contributed by atoms with E-state index in [2.05, 4.69) is 5.16 Å². The summed E-state index contributed by atoms with van der Waals surface area (Å²) in [5, 5.41) is 4.63. The lowest BCUT2D eigenvalue weighted by atomic mass is 10.1. The first-order valence-electron chi connectivity index (χ1n) is 5.92. The Morgan fingerprint density at radius 2 is 2.11 bits per heavy atom. The monoisotopic (exact) mass is 277 g/mol. The molecular weight excluding hydrogens is 266 g/mol. The van der Waals surface area contributed by atoms with Crippen LogP contribution >= 0.6 is 11.6 Å². The first-order valence-corrected chi connectivity index (χ1v) is 6.30. The van der Waals surface area contributed by atoms with Crippen LogP contribution in [0.15, 0.2) is 34.9 Å². The number of carbonyl (C=O) groups is 1. The Morgan fingerprint density at radius 3 is 2.74 bits per heavy atom. The summed E-state index contributed by atoms with van der Waals surface area (Å²) < 4.78 is 5.22. The lowest BCUT2D eigenvalue weighted by Crippen LogP contribution is -2.27. The van der Waals surface area contributed by atoms with Crippen molar-refractivity contribution in [2.45, 2.75) is 12.5 Å². The van der Waals surface area contributed by atoms with E-state index in [4.69, 9.17) is 21.9 Å². The van der Waals surface area contributed by atoms with E-state index in [0.717, 1.165) is 5.56 Å². The van der Waals surface area contributed by atoms with E-state index in [0.29, 0.717) is 29.6 Å². The van der Waals surface area contributed by atoms with Gasteiger partial charge in [0.2, 0.25) is 11.8 Å². The van der Waals surface area contributed by atoms with Gasteiger partial charge in [0, 0.05) is 35.7 Å². The van der Waals surface area contributed by atoms with Gasteiger partial charge >= 0.3 is 0 Å². The summed E-state index contributed by atoms with van der Waals surface area (Å²) >= 11 is 5.83. The van der Waals surface area contributed by atoms with Crippen molar-refractivity contribution < 1.29 is 9.32 Å². The number of rotatable bonds is 2. The van der Waals surface area contributed by atoms with Crippen LogP contribution in [0.2, 0.25) is 5.02 Å². The van der Waals surface area contributed by atoms with Gasteiger partial charge in [0.1, 0.15) is 5.69 Å². The Kier molecular flexibility index (Phi) is 3.00. The largest absolute Gasteiger partial charge is 0.338 e. The number of halogens is 1. The highest BCUT2D eigenvalue weighted by atomic mass is 35.5. The summed E-state index contributed by atoms with van der Waals surface area (Å²) in [6.45, 7) is 0.466. The van der Waals surface area contributed by atoms with Gasteiger partial charge in [0.05, 0.1) is 0 Å². The molecule has 0 spiro atoms. The van der Waals surface area contributed by atoms with E-state index in [1.54, 1.807) is 18.2 Å². The van der Waals surface area contributed by atoms with E-state index in [-0.39, 0.29) is 11.9 Å². The molecule has 0 bridgehead atoms. The van der Waals surface area contributed by atoms with Crippen molar-refractivity contribution in [2.24, 2.45) is 5.73 Å². The van der Waals surface area contributed by atoms with Gasteiger partial charge in [-0.25, -0.2) is 0 Å². The van der Waals surface area contributed by atoms with Crippen LogP contribution in [0.1, 0.15) is 6.42 Å². The van der Waals surface area contributed by atoms with Crippen LogP contribution in [0, 0.1) is 0 Å². The van der Waals surface area contributed by atoms with E-state index < -0.39 is 0 Å². The zero-order valence-electron chi connectivity index (χ0n) is 10.0. The zero-order chi connectivity index (χ0) is 13.4. The van der Waals surface area contributed by atoms with Crippen LogP contribution in [0.5, 0.6) is 0 Å². The number of hydrogen-bond donors (Lipinski definition) is 1. The summed E-state index contributed by atoms with van der Waals surface area (Å²) in [4.78, 5) is 13.2. The molecule has 3 rings (SSSR count). The maximum Gasteiger partial charge on any atom is 0.234 e. The topological polar surface area (TPSA) is 72.4 Å². The Balaban J connectivity index is 1.87. The van der Waals surface area contributed by atoms with Gasteiger partial charge in [-0.1, -0.05) is 28.9 Å². The fourth-order valence-corrected chi connectivity index (χ4v) is 2.22. The zero-order valence-corrected chi connectivity index (χ0v) is 10.8. The average molecular weight is 278 g/mol. The predicted molar refractivity (Wildman–Crippen MR) is 71.9 cm³/mol. The Hall–Kier alpha value is -1.85. The summed E-state index contributed by atoms with van der Waals surface area (Å²) in [5.74, 6) is 0.397. The molecule has 0 radical (unpaired) electrons. The molecule has 1 aliphatic heterocycles. The number of nitrogens with two attached hydrogens (primary N) is 1. The van der Waals surface area contributed by atoms with E-state index in [1.165, 1.54) is 4.90 Å². The first kappa shape index (κ1) is 12.2. The second-order valence-corrected chi connectivity index (χ2v) is 4.96. The van der Waals surface area contributed by atoms with Gasteiger partial charge in [-0.2, -0.15) is 0 Å². The molecule has 1 atom stereocenters. The highest BCUT2D eigenvalue weighted by Crippen LogP contribution is 2.27. The average Bonchev–Trinajstić information content (AvgIpc) is 2.97. The minimum Gasteiger partial charge on any atom is -0.338 e. The lowest BCUT2D eigenvalue weighted by molar-refractivity contribution is -0.117. The fourth-order valence-electron chi connectivity index (χ4n) is 2.10. The number of carbonyl (C=O) groups excluding carboxylic acids is 1. The second-order valence-electron chi connectivity index (χ2n) is 4.53. The Labute approximate surface area is 114 Å². The Bertz CT molecular complexity index is 609. The summed E-state index contributed by atoms with van der Waals surface area (Å²) in [6, 6.07) is 8.85. The third kappa shape index (κ3) is 2.34. The molecule has 6 heteroatoms. The van der Waals surface area contributed by atoms with Crippen LogP contribution in [-0.2, 0) is 4.79 Å². The fraction of sp³-hybridized carbons (Fsp3) is 0.231. The molecule has 1 unspecified atom stereocenters. The van der Waals surface area contributed by atoms with Gasteiger partial charge in [-0.3, -0.25) is 9.69 Å². The number of amides is 1. The van der Waals surface area contributed by atoms with Crippen LogP contribution in [0.3, 0.4) is 0 Å². The number of hydrogen-bond acceptors (Lipinski definition) is 4. The lowest BCUT2D eigenvalue weighted by Gasteiger charge is -2.09. The molecule has 1 aromatic heterocycles. The van der Waals surface area contributed by atoms with Gasteiger partial charge in [-0.15, -0.1) is 0 Å². The Morgan fingerprint density at radius 1 is 1.37 bits per heavy atom. The van der Waals surface area contributed by atoms with E-state index >= 15 is 0 Å². The molecule has 1 amide bonds. The number of benzene rings is 1. The second kappa shape index (κ2) is 4.68. The minimum atomic E-state index is -0.142. The maximum atomic E-state index is 11.7. The van der Waals surface area contributed by atoms with Crippen LogP contribution < -0.4 is 10.6 Å². The molecule has 1 aromatic carbocycles. The summed E-state index contributed by atoms with van der Waals surface area (Å²) in [5.41, 5.74) is 7.30. The molecule has 2 heterocycles. The number of nitrogens with zero attached hydrogens (tertiary/aromatic N) is 2. The SMILES string of the molecule is NC1CC(=O)N(c2cc(-c3ccc(Cl)cc3)no2)C1. The number of aromatic nitrogens is 1. The van der Waals surface area contributed by atoms with Gasteiger partial charge < -0.3 is 10.3 Å². The molecule has 0 saturated carbocycles. The smallest absolute Gasteiger partial charge is 0.234 e. The standard InChI is InChI=1S/C13H12ClN3O2/c14-9-3-1-8(2-4-9)11-6-13(19-16-11)17-7-10(15)5-12(17)18/h1-4,6,10H,5,7,15H2. The van der Waals surface area contributed by atoms with Crippen molar-refractivity contribution in [3.8, 4) is 11.3 Å². The van der Waals surface area contributed by atoms with E-state index in [9.17, 15) is 4.79 Å². The quantitative estimate of drug-likeness (QED) is 0.912. The van der Waals surface area contributed by atoms with Crippen LogP contribution in [-0.4, -0.2) is 23.7 Å².